The molecule has 3 fully saturated rings. The summed E-state index contributed by atoms with van der Waals surface area (Å²) < 4.78 is 0. The summed E-state index contributed by atoms with van der Waals surface area (Å²) in [7, 11) is 0. The lowest BCUT2D eigenvalue weighted by molar-refractivity contribution is -0.121. The lowest BCUT2D eigenvalue weighted by Crippen LogP contribution is -2.36. The Balaban J connectivity index is 1.15. The molecular weight excluding hydrogens is 412 g/mol. The second-order valence-electron chi connectivity index (χ2n) is 8.92. The maximum absolute atomic E-state index is 12.4. The number of rotatable bonds is 9. The lowest BCUT2D eigenvalue weighted by atomic mass is 10.0. The molecule has 0 saturated carbocycles. The van der Waals surface area contributed by atoms with Crippen LogP contribution in [0.2, 0.25) is 0 Å². The molecule has 8 heteroatoms. The van der Waals surface area contributed by atoms with Gasteiger partial charge in [-0.25, -0.2) is 4.79 Å². The van der Waals surface area contributed by atoms with Gasteiger partial charge in [-0.1, -0.05) is 30.7 Å². The summed E-state index contributed by atoms with van der Waals surface area (Å²) in [6, 6.07) is 8.76. The highest BCUT2D eigenvalue weighted by atomic mass is 32.2. The summed E-state index contributed by atoms with van der Waals surface area (Å²) in [5.74, 6) is 1.08. The van der Waals surface area contributed by atoms with Crippen LogP contribution in [0.4, 0.5) is 4.79 Å². The van der Waals surface area contributed by atoms with E-state index in [1.54, 1.807) is 0 Å². The summed E-state index contributed by atoms with van der Waals surface area (Å²) >= 11 is 1.92. The van der Waals surface area contributed by atoms with Crippen molar-refractivity contribution in [3.05, 3.63) is 35.4 Å². The number of carbonyl (C=O) groups excluding carboxylic acids is 2. The van der Waals surface area contributed by atoms with E-state index in [4.69, 9.17) is 0 Å². The first kappa shape index (κ1) is 22.4. The molecule has 4 rings (SSSR count). The second-order valence-corrected chi connectivity index (χ2v) is 10.2. The van der Waals surface area contributed by atoms with Crippen molar-refractivity contribution in [1.82, 2.24) is 20.9 Å². The molecule has 1 aromatic carbocycles. The summed E-state index contributed by atoms with van der Waals surface area (Å²) in [5, 5.41) is 19.2. The van der Waals surface area contributed by atoms with Crippen LogP contribution in [0.1, 0.15) is 49.7 Å². The Hall–Kier alpha value is -1.77. The number of nitrogens with zero attached hydrogens (tertiary/aromatic N) is 1. The third-order valence-electron chi connectivity index (χ3n) is 6.63. The molecule has 7 nitrogen and oxygen atoms in total. The molecule has 3 atom stereocenters. The first-order valence-corrected chi connectivity index (χ1v) is 12.6. The fourth-order valence-corrected chi connectivity index (χ4v) is 6.30. The van der Waals surface area contributed by atoms with E-state index < -0.39 is 0 Å². The van der Waals surface area contributed by atoms with Crippen molar-refractivity contribution in [2.75, 3.05) is 18.8 Å². The highest BCUT2D eigenvalue weighted by molar-refractivity contribution is 8.00. The molecule has 3 amide bonds. The van der Waals surface area contributed by atoms with Crippen LogP contribution in [0, 0.1) is 0 Å². The standard InChI is InChI=1S/C23H34N4O3S/c28-18-9-11-27(12-10-18)14-17-6-2-1-5-16(17)13-24-21(29)8-4-3-7-20-22-19(15-31-20)25-23(30)26-22/h1-2,5-6,18-20,22,28H,3-4,7-15H2,(H,24,29)(H2,25,26,30)/t19-,20+,22-/m1/s1. The van der Waals surface area contributed by atoms with Gasteiger partial charge in [0.15, 0.2) is 0 Å². The van der Waals surface area contributed by atoms with Crippen LogP contribution in [0.25, 0.3) is 0 Å². The molecule has 3 heterocycles. The van der Waals surface area contributed by atoms with E-state index in [1.165, 1.54) is 11.1 Å². The predicted octanol–water partition coefficient (Wildman–Crippen LogP) is 1.99. The van der Waals surface area contributed by atoms with Gasteiger partial charge in [0.1, 0.15) is 0 Å². The summed E-state index contributed by atoms with van der Waals surface area (Å²) in [5.41, 5.74) is 2.42. The van der Waals surface area contributed by atoms with Crippen molar-refractivity contribution in [3.8, 4) is 0 Å². The molecule has 1 aromatic rings. The number of hydrogen-bond acceptors (Lipinski definition) is 5. The lowest BCUT2D eigenvalue weighted by Gasteiger charge is -2.30. The smallest absolute Gasteiger partial charge is 0.315 e. The maximum Gasteiger partial charge on any atom is 0.315 e. The van der Waals surface area contributed by atoms with E-state index in [9.17, 15) is 14.7 Å². The van der Waals surface area contributed by atoms with E-state index >= 15 is 0 Å². The van der Waals surface area contributed by atoms with Gasteiger partial charge in [-0.15, -0.1) is 0 Å². The molecule has 0 radical (unpaired) electrons. The first-order valence-electron chi connectivity index (χ1n) is 11.5. The van der Waals surface area contributed by atoms with Crippen molar-refractivity contribution < 1.29 is 14.7 Å². The van der Waals surface area contributed by atoms with Gasteiger partial charge in [-0.2, -0.15) is 11.8 Å². The zero-order chi connectivity index (χ0) is 21.6. The topological polar surface area (TPSA) is 93.7 Å². The zero-order valence-electron chi connectivity index (χ0n) is 18.0. The van der Waals surface area contributed by atoms with Crippen LogP contribution in [0.15, 0.2) is 24.3 Å². The maximum atomic E-state index is 12.4. The largest absolute Gasteiger partial charge is 0.393 e. The van der Waals surface area contributed by atoms with Crippen molar-refractivity contribution in [1.29, 1.82) is 0 Å². The molecule has 0 unspecified atom stereocenters. The van der Waals surface area contributed by atoms with E-state index in [0.29, 0.717) is 18.2 Å². The fraction of sp³-hybridized carbons (Fsp3) is 0.652. The van der Waals surface area contributed by atoms with Crippen LogP contribution < -0.4 is 16.0 Å². The first-order chi connectivity index (χ1) is 15.1. The van der Waals surface area contributed by atoms with Crippen LogP contribution in [0.3, 0.4) is 0 Å². The average molecular weight is 447 g/mol. The Kier molecular flexibility index (Phi) is 7.74. The van der Waals surface area contributed by atoms with E-state index in [0.717, 1.165) is 57.5 Å². The molecule has 4 N–H and O–H groups in total. The minimum Gasteiger partial charge on any atom is -0.393 e. The minimum atomic E-state index is -0.159. The number of amides is 3. The number of hydrogen-bond donors (Lipinski definition) is 4. The van der Waals surface area contributed by atoms with Crippen LogP contribution >= 0.6 is 11.8 Å². The molecule has 0 aromatic heterocycles. The Labute approximate surface area is 188 Å². The minimum absolute atomic E-state index is 0.0437. The normalized spacial score (nSPS) is 26.4. The molecule has 0 bridgehead atoms. The third-order valence-corrected chi connectivity index (χ3v) is 8.13. The van der Waals surface area contributed by atoms with Gasteiger partial charge in [0.25, 0.3) is 0 Å². The molecule has 0 aliphatic carbocycles. The molecule has 170 valence electrons. The molecule has 3 aliphatic heterocycles. The van der Waals surface area contributed by atoms with Crippen molar-refractivity contribution in [3.63, 3.8) is 0 Å². The molecule has 0 spiro atoms. The summed E-state index contributed by atoms with van der Waals surface area (Å²) in [6.45, 7) is 3.27. The molecular formula is C23H34N4O3S. The second kappa shape index (κ2) is 10.7. The quantitative estimate of drug-likeness (QED) is 0.344. The summed E-state index contributed by atoms with van der Waals surface area (Å²) in [4.78, 5) is 26.2. The molecule has 31 heavy (non-hydrogen) atoms. The van der Waals surface area contributed by atoms with Gasteiger partial charge >= 0.3 is 6.03 Å². The van der Waals surface area contributed by atoms with Gasteiger partial charge in [0.2, 0.25) is 5.91 Å². The fourth-order valence-electron chi connectivity index (χ4n) is 4.76. The van der Waals surface area contributed by atoms with Gasteiger partial charge in [0.05, 0.1) is 18.2 Å². The van der Waals surface area contributed by atoms with Crippen molar-refractivity contribution in [2.24, 2.45) is 0 Å². The molecule has 3 saturated heterocycles. The van der Waals surface area contributed by atoms with Gasteiger partial charge in [0, 0.05) is 43.6 Å². The average Bonchev–Trinajstić information content (AvgIpc) is 3.31. The Morgan fingerprint density at radius 1 is 1.16 bits per heavy atom. The zero-order valence-corrected chi connectivity index (χ0v) is 18.8. The monoisotopic (exact) mass is 446 g/mol. The van der Waals surface area contributed by atoms with Gasteiger partial charge in [-0.3, -0.25) is 9.69 Å². The Bertz CT molecular complexity index is 769. The SMILES string of the molecule is O=C(CCCC[C@@H]1SC[C@H]2NC(=O)N[C@@H]12)NCc1ccccc1CN1CCC(O)CC1. The van der Waals surface area contributed by atoms with Gasteiger partial charge < -0.3 is 21.1 Å². The highest BCUT2D eigenvalue weighted by Gasteiger charge is 2.42. The Morgan fingerprint density at radius 2 is 1.94 bits per heavy atom. The number of nitrogens with one attached hydrogen (secondary N) is 3. The third kappa shape index (κ3) is 6.14. The van der Waals surface area contributed by atoms with E-state index in [-0.39, 0.29) is 30.1 Å². The summed E-state index contributed by atoms with van der Waals surface area (Å²) in [6.07, 6.45) is 4.97. The highest BCUT2D eigenvalue weighted by Crippen LogP contribution is 2.33. The van der Waals surface area contributed by atoms with Crippen LogP contribution in [-0.4, -0.2) is 64.2 Å². The number of aliphatic hydroxyl groups excluding tert-OH is 1. The number of benzene rings is 1. The number of aliphatic hydroxyl groups is 1. The number of carbonyl (C=O) groups is 2. The number of fused-ring (bicyclic) bond motifs is 1. The molecule has 3 aliphatic rings. The number of unbranched alkanes of at least 4 members (excludes halogenated alkanes) is 1. The Morgan fingerprint density at radius 3 is 2.74 bits per heavy atom. The van der Waals surface area contributed by atoms with E-state index in [2.05, 4.69) is 33.0 Å². The number of piperidine rings is 1. The van der Waals surface area contributed by atoms with Crippen molar-refractivity contribution in [2.45, 2.75) is 75.1 Å². The number of thioether (sulfide) groups is 1. The van der Waals surface area contributed by atoms with Gasteiger partial charge in [-0.05, 0) is 36.8 Å². The van der Waals surface area contributed by atoms with Crippen LogP contribution in [0.5, 0.6) is 0 Å². The number of urea groups is 1. The van der Waals surface area contributed by atoms with E-state index in [1.807, 2.05) is 23.9 Å². The van der Waals surface area contributed by atoms with Crippen LogP contribution in [-0.2, 0) is 17.9 Å². The predicted molar refractivity (Wildman–Crippen MR) is 123 cm³/mol. The van der Waals surface area contributed by atoms with Crippen molar-refractivity contribution >= 4 is 23.7 Å². The number of likely N-dealkylation sites (tertiary alicyclic amines) is 1.